The molecular formula is C17H22ClNO3. The van der Waals surface area contributed by atoms with Gasteiger partial charge in [-0.05, 0) is 43.9 Å². The van der Waals surface area contributed by atoms with Gasteiger partial charge >= 0.3 is 5.97 Å². The fourth-order valence-electron chi connectivity index (χ4n) is 2.73. The number of amides is 1. The summed E-state index contributed by atoms with van der Waals surface area (Å²) < 4.78 is 5.04. The van der Waals surface area contributed by atoms with Crippen molar-refractivity contribution in [2.75, 3.05) is 19.7 Å². The Bertz CT molecular complexity index is 524. The first-order chi connectivity index (χ1) is 10.6. The number of hydrogen-bond acceptors (Lipinski definition) is 3. The van der Waals surface area contributed by atoms with E-state index in [2.05, 4.69) is 0 Å². The van der Waals surface area contributed by atoms with Crippen molar-refractivity contribution in [1.29, 1.82) is 0 Å². The number of esters is 1. The van der Waals surface area contributed by atoms with Crippen molar-refractivity contribution in [3.8, 4) is 0 Å². The predicted octanol–water partition coefficient (Wildman–Crippen LogP) is 3.07. The van der Waals surface area contributed by atoms with Gasteiger partial charge in [0.15, 0.2) is 0 Å². The van der Waals surface area contributed by atoms with E-state index in [4.69, 9.17) is 16.3 Å². The topological polar surface area (TPSA) is 46.6 Å². The number of carbonyl (C=O) groups excluding carboxylic acids is 2. The molecule has 1 aromatic carbocycles. The smallest absolute Gasteiger partial charge is 0.309 e. The first kappa shape index (κ1) is 16.8. The van der Waals surface area contributed by atoms with Crippen LogP contribution in [0.5, 0.6) is 0 Å². The lowest BCUT2D eigenvalue weighted by molar-refractivity contribution is -0.151. The maximum atomic E-state index is 12.2. The molecule has 0 bridgehead atoms. The quantitative estimate of drug-likeness (QED) is 0.782. The van der Waals surface area contributed by atoms with Crippen LogP contribution in [-0.4, -0.2) is 36.5 Å². The molecule has 0 radical (unpaired) electrons. The Hall–Kier alpha value is -1.55. The second-order valence-electron chi connectivity index (χ2n) is 5.54. The molecule has 4 nitrogen and oxygen atoms in total. The van der Waals surface area contributed by atoms with E-state index in [-0.39, 0.29) is 17.8 Å². The molecule has 1 aliphatic rings. The minimum atomic E-state index is -0.131. The largest absolute Gasteiger partial charge is 0.466 e. The van der Waals surface area contributed by atoms with Crippen LogP contribution in [0.15, 0.2) is 24.3 Å². The molecule has 0 spiro atoms. The summed E-state index contributed by atoms with van der Waals surface area (Å²) in [5.41, 5.74) is 1.07. The molecule has 1 saturated heterocycles. The number of benzene rings is 1. The maximum absolute atomic E-state index is 12.2. The Morgan fingerprint density at radius 3 is 2.68 bits per heavy atom. The van der Waals surface area contributed by atoms with Gasteiger partial charge in [0.05, 0.1) is 12.5 Å². The number of piperidine rings is 1. The van der Waals surface area contributed by atoms with Crippen LogP contribution in [0.4, 0.5) is 0 Å². The average molecular weight is 324 g/mol. The molecular weight excluding hydrogens is 302 g/mol. The van der Waals surface area contributed by atoms with Crippen LogP contribution in [0.25, 0.3) is 0 Å². The fraction of sp³-hybridized carbons (Fsp3) is 0.529. The van der Waals surface area contributed by atoms with Crippen molar-refractivity contribution >= 4 is 23.5 Å². The molecule has 0 saturated carbocycles. The minimum Gasteiger partial charge on any atom is -0.466 e. The molecule has 2 rings (SSSR count). The summed E-state index contributed by atoms with van der Waals surface area (Å²) in [6, 6.07) is 7.59. The van der Waals surface area contributed by atoms with E-state index in [0.717, 1.165) is 5.56 Å². The highest BCUT2D eigenvalue weighted by Crippen LogP contribution is 2.20. The van der Waals surface area contributed by atoms with Gasteiger partial charge in [-0.25, -0.2) is 0 Å². The Morgan fingerprint density at radius 2 is 2.05 bits per heavy atom. The van der Waals surface area contributed by atoms with Gasteiger partial charge in [-0.3, -0.25) is 9.59 Å². The predicted molar refractivity (Wildman–Crippen MR) is 85.7 cm³/mol. The van der Waals surface area contributed by atoms with Gasteiger partial charge in [-0.15, -0.1) is 0 Å². The van der Waals surface area contributed by atoms with Crippen LogP contribution in [-0.2, 0) is 20.7 Å². The molecule has 120 valence electrons. The SMILES string of the molecule is CCOC(=O)C1CCN(C(=O)CCc2cccc(Cl)c2)CC1. The number of carbonyl (C=O) groups is 2. The molecule has 0 aliphatic carbocycles. The van der Waals surface area contributed by atoms with Crippen LogP contribution >= 0.6 is 11.6 Å². The number of aryl methyl sites for hydroxylation is 1. The van der Waals surface area contributed by atoms with Crippen molar-refractivity contribution in [2.24, 2.45) is 5.92 Å². The lowest BCUT2D eigenvalue weighted by Gasteiger charge is -2.31. The third kappa shape index (κ3) is 4.73. The summed E-state index contributed by atoms with van der Waals surface area (Å²) >= 11 is 5.94. The minimum absolute atomic E-state index is 0.0584. The summed E-state index contributed by atoms with van der Waals surface area (Å²) in [7, 11) is 0. The molecule has 1 amide bonds. The van der Waals surface area contributed by atoms with Crippen molar-refractivity contribution in [3.63, 3.8) is 0 Å². The summed E-state index contributed by atoms with van der Waals surface area (Å²) in [6.45, 7) is 3.50. The summed E-state index contributed by atoms with van der Waals surface area (Å²) in [5, 5.41) is 0.695. The van der Waals surface area contributed by atoms with Gasteiger partial charge in [0.1, 0.15) is 0 Å². The van der Waals surface area contributed by atoms with Crippen LogP contribution in [0.3, 0.4) is 0 Å². The zero-order valence-corrected chi connectivity index (χ0v) is 13.6. The maximum Gasteiger partial charge on any atom is 0.309 e. The van der Waals surface area contributed by atoms with Crippen LogP contribution in [0.1, 0.15) is 31.7 Å². The number of nitrogens with zero attached hydrogens (tertiary/aromatic N) is 1. The molecule has 1 heterocycles. The molecule has 0 atom stereocenters. The van der Waals surface area contributed by atoms with Crippen molar-refractivity contribution < 1.29 is 14.3 Å². The number of hydrogen-bond donors (Lipinski definition) is 0. The number of halogens is 1. The fourth-order valence-corrected chi connectivity index (χ4v) is 2.94. The number of ether oxygens (including phenoxy) is 1. The van der Waals surface area contributed by atoms with E-state index in [9.17, 15) is 9.59 Å². The highest BCUT2D eigenvalue weighted by atomic mass is 35.5. The van der Waals surface area contributed by atoms with Gasteiger partial charge in [-0.1, -0.05) is 23.7 Å². The van der Waals surface area contributed by atoms with Gasteiger partial charge < -0.3 is 9.64 Å². The zero-order valence-electron chi connectivity index (χ0n) is 12.9. The second-order valence-corrected chi connectivity index (χ2v) is 5.97. The van der Waals surface area contributed by atoms with Gasteiger partial charge in [0, 0.05) is 24.5 Å². The van der Waals surface area contributed by atoms with Gasteiger partial charge in [-0.2, -0.15) is 0 Å². The zero-order chi connectivity index (χ0) is 15.9. The molecule has 0 N–H and O–H groups in total. The standard InChI is InChI=1S/C17H22ClNO3/c1-2-22-17(21)14-8-10-19(11-9-14)16(20)7-6-13-4-3-5-15(18)12-13/h3-5,12,14H,2,6-11H2,1H3. The molecule has 1 fully saturated rings. The van der Waals surface area contributed by atoms with E-state index in [1.165, 1.54) is 0 Å². The van der Waals surface area contributed by atoms with E-state index >= 15 is 0 Å². The molecule has 5 heteroatoms. The highest BCUT2D eigenvalue weighted by molar-refractivity contribution is 6.30. The van der Waals surface area contributed by atoms with E-state index in [0.29, 0.717) is 50.4 Å². The van der Waals surface area contributed by atoms with Crippen LogP contribution < -0.4 is 0 Å². The average Bonchev–Trinajstić information content (AvgIpc) is 2.53. The van der Waals surface area contributed by atoms with Gasteiger partial charge in [0.25, 0.3) is 0 Å². The summed E-state index contributed by atoms with van der Waals surface area (Å²) in [6.07, 6.45) is 2.56. The van der Waals surface area contributed by atoms with Crippen molar-refractivity contribution in [1.82, 2.24) is 4.90 Å². The Labute approximate surface area is 136 Å². The summed E-state index contributed by atoms with van der Waals surface area (Å²) in [5.74, 6) is -0.0484. The van der Waals surface area contributed by atoms with E-state index in [1.807, 2.05) is 36.1 Å². The first-order valence-electron chi connectivity index (χ1n) is 7.79. The highest BCUT2D eigenvalue weighted by Gasteiger charge is 2.27. The van der Waals surface area contributed by atoms with Crippen molar-refractivity contribution in [3.05, 3.63) is 34.9 Å². The van der Waals surface area contributed by atoms with Crippen LogP contribution in [0.2, 0.25) is 5.02 Å². The lowest BCUT2D eigenvalue weighted by Crippen LogP contribution is -2.40. The molecule has 22 heavy (non-hydrogen) atoms. The van der Waals surface area contributed by atoms with Gasteiger partial charge in [0.2, 0.25) is 5.91 Å². The summed E-state index contributed by atoms with van der Waals surface area (Å²) in [4.78, 5) is 25.8. The third-order valence-corrected chi connectivity index (χ3v) is 4.22. The molecule has 1 aromatic rings. The number of likely N-dealkylation sites (tertiary alicyclic amines) is 1. The molecule has 0 unspecified atom stereocenters. The van der Waals surface area contributed by atoms with Crippen molar-refractivity contribution in [2.45, 2.75) is 32.6 Å². The second kappa shape index (κ2) is 8.18. The normalized spacial score (nSPS) is 15.6. The van der Waals surface area contributed by atoms with E-state index < -0.39 is 0 Å². The van der Waals surface area contributed by atoms with Crippen LogP contribution in [0, 0.1) is 5.92 Å². The molecule has 1 aliphatic heterocycles. The monoisotopic (exact) mass is 323 g/mol. The third-order valence-electron chi connectivity index (χ3n) is 3.98. The Kier molecular flexibility index (Phi) is 6.25. The lowest BCUT2D eigenvalue weighted by atomic mass is 9.96. The van der Waals surface area contributed by atoms with E-state index in [1.54, 1.807) is 0 Å². The Morgan fingerprint density at radius 1 is 1.32 bits per heavy atom. The molecule has 0 aromatic heterocycles. The number of rotatable bonds is 5. The Balaban J connectivity index is 1.76. The first-order valence-corrected chi connectivity index (χ1v) is 8.16.